The molecule has 1 aromatic carbocycles. The highest BCUT2D eigenvalue weighted by Crippen LogP contribution is 2.40. The summed E-state index contributed by atoms with van der Waals surface area (Å²) in [7, 11) is 1.31. The zero-order chi connectivity index (χ0) is 37.4. The second-order valence-electron chi connectivity index (χ2n) is 11.8. The molecular weight excluding hydrogens is 684 g/mol. The van der Waals surface area contributed by atoms with E-state index in [4.69, 9.17) is 56.8 Å². The van der Waals surface area contributed by atoms with Gasteiger partial charge in [0.05, 0.1) is 6.61 Å². The Morgan fingerprint density at radius 1 is 0.667 bits per heavy atom. The van der Waals surface area contributed by atoms with Crippen LogP contribution in [0.15, 0.2) is 30.3 Å². The number of ether oxygens (including phenoxy) is 12. The molecule has 12 atom stereocenters. The first-order valence-corrected chi connectivity index (χ1v) is 16.0. The third-order valence-electron chi connectivity index (χ3n) is 7.75. The number of carbonyl (C=O) groups excluding carboxylic acids is 6. The van der Waals surface area contributed by atoms with Crippen LogP contribution in [0.4, 0.5) is 0 Å². The number of esters is 6. The number of carbonyl (C=O) groups is 6. The number of rotatable bonds is 12. The van der Waals surface area contributed by atoms with Crippen molar-refractivity contribution in [1.29, 1.82) is 0 Å². The van der Waals surface area contributed by atoms with E-state index in [1.165, 1.54) is 7.11 Å². The minimum Gasteiger partial charge on any atom is -0.462 e. The Kier molecular flexibility index (Phi) is 13.8. The minimum atomic E-state index is -1.76. The van der Waals surface area contributed by atoms with Crippen molar-refractivity contribution in [3.8, 4) is 0 Å². The van der Waals surface area contributed by atoms with Crippen molar-refractivity contribution in [2.45, 2.75) is 115 Å². The summed E-state index contributed by atoms with van der Waals surface area (Å²) < 4.78 is 69.5. The first-order chi connectivity index (χ1) is 24.2. The maximum Gasteiger partial charge on any atom is 0.303 e. The average molecular weight is 727 g/mol. The largest absolute Gasteiger partial charge is 0.462 e. The van der Waals surface area contributed by atoms with Gasteiger partial charge in [-0.25, -0.2) is 0 Å². The molecule has 0 aromatic heterocycles. The minimum absolute atomic E-state index is 0.0280. The summed E-state index contributed by atoms with van der Waals surface area (Å²) in [6.07, 6.45) is -16.5. The molecule has 18 nitrogen and oxygen atoms in total. The van der Waals surface area contributed by atoms with Gasteiger partial charge in [-0.15, -0.1) is 0 Å². The smallest absolute Gasteiger partial charge is 0.303 e. The number of hydrogen-bond donors (Lipinski definition) is 0. The fourth-order valence-electron chi connectivity index (χ4n) is 5.96. The van der Waals surface area contributed by atoms with E-state index in [9.17, 15) is 28.8 Å². The maximum absolute atomic E-state index is 12.5. The van der Waals surface area contributed by atoms with E-state index in [2.05, 4.69) is 0 Å². The van der Waals surface area contributed by atoms with E-state index in [0.717, 1.165) is 41.5 Å². The Bertz CT molecular complexity index is 1400. The van der Waals surface area contributed by atoms with Gasteiger partial charge in [0.1, 0.15) is 31.0 Å². The van der Waals surface area contributed by atoms with E-state index in [0.29, 0.717) is 5.56 Å². The summed E-state index contributed by atoms with van der Waals surface area (Å²) in [6, 6.07) is 8.92. The van der Waals surface area contributed by atoms with Crippen LogP contribution in [-0.4, -0.2) is 124 Å². The molecule has 51 heavy (non-hydrogen) atoms. The third-order valence-corrected chi connectivity index (χ3v) is 7.75. The highest BCUT2D eigenvalue weighted by atomic mass is 16.8. The van der Waals surface area contributed by atoms with Gasteiger partial charge in [0.15, 0.2) is 49.4 Å². The second kappa shape index (κ2) is 17.8. The topological polar surface area (TPSA) is 213 Å². The zero-order valence-corrected chi connectivity index (χ0v) is 29.1. The highest BCUT2D eigenvalue weighted by molar-refractivity contribution is 5.69. The fourth-order valence-corrected chi connectivity index (χ4v) is 5.96. The molecule has 0 amide bonds. The van der Waals surface area contributed by atoms with E-state index >= 15 is 0 Å². The van der Waals surface area contributed by atoms with Gasteiger partial charge in [-0.3, -0.25) is 28.8 Å². The van der Waals surface area contributed by atoms with Crippen LogP contribution in [0.1, 0.15) is 53.4 Å². The Balaban J connectivity index is 1.83. The zero-order valence-electron chi connectivity index (χ0n) is 29.1. The van der Waals surface area contributed by atoms with Gasteiger partial charge in [0.25, 0.3) is 0 Å². The van der Waals surface area contributed by atoms with Gasteiger partial charge in [0.2, 0.25) is 0 Å². The predicted molar refractivity (Wildman–Crippen MR) is 164 cm³/mol. The van der Waals surface area contributed by atoms with Gasteiger partial charge < -0.3 is 56.8 Å². The van der Waals surface area contributed by atoms with Crippen LogP contribution in [0.3, 0.4) is 0 Å². The second-order valence-corrected chi connectivity index (χ2v) is 11.8. The van der Waals surface area contributed by atoms with Gasteiger partial charge >= 0.3 is 35.8 Å². The standard InChI is InChI=1S/C33H42O18/c1-15(34)41-13-22(43-16(2)35)24-26(44-17(3)36)28(45-18(4)37)30(47-20(6)39)33(50-24)51-27-25-23(48-32(40-7)29(27)46-19(5)38)14-42-31(49-25)21-11-9-8-10-12-21/h8-12,22-33H,13-14H2,1-7H3/t22-,23-,24-,25-,26-,27+,28+,29+,30+,31-,32+,33-/m1/s1. The van der Waals surface area contributed by atoms with Crippen LogP contribution in [0.2, 0.25) is 0 Å². The molecule has 0 radical (unpaired) electrons. The molecule has 1 aromatic rings. The Morgan fingerprint density at radius 2 is 1.24 bits per heavy atom. The number of benzene rings is 1. The first-order valence-electron chi connectivity index (χ1n) is 16.0. The van der Waals surface area contributed by atoms with Crippen LogP contribution in [-0.2, 0) is 85.6 Å². The lowest BCUT2D eigenvalue weighted by molar-refractivity contribution is -0.392. The van der Waals surface area contributed by atoms with E-state index in [1.807, 2.05) is 6.07 Å². The molecule has 0 unspecified atom stereocenters. The van der Waals surface area contributed by atoms with Crippen molar-refractivity contribution >= 4 is 35.8 Å². The average Bonchev–Trinajstić information content (AvgIpc) is 3.05. The van der Waals surface area contributed by atoms with Crippen molar-refractivity contribution in [3.05, 3.63) is 35.9 Å². The molecule has 3 heterocycles. The lowest BCUT2D eigenvalue weighted by atomic mass is 9.93. The monoisotopic (exact) mass is 726 g/mol. The molecule has 3 saturated heterocycles. The lowest BCUT2D eigenvalue weighted by Crippen LogP contribution is -2.69. The van der Waals surface area contributed by atoms with E-state index in [-0.39, 0.29) is 6.61 Å². The summed E-state index contributed by atoms with van der Waals surface area (Å²) in [5, 5.41) is 0. The first kappa shape index (κ1) is 39.6. The Morgan fingerprint density at radius 3 is 1.78 bits per heavy atom. The fraction of sp³-hybridized carbons (Fsp3) is 0.636. The van der Waals surface area contributed by atoms with Crippen molar-refractivity contribution < 1.29 is 85.6 Å². The molecule has 0 N–H and O–H groups in total. The Hall–Kier alpha value is -4.20. The normalized spacial score (nSPS) is 32.3. The number of fused-ring (bicyclic) bond motifs is 1. The number of hydrogen-bond acceptors (Lipinski definition) is 18. The molecule has 0 spiro atoms. The summed E-state index contributed by atoms with van der Waals surface area (Å²) >= 11 is 0. The third kappa shape index (κ3) is 10.4. The quantitative estimate of drug-likeness (QED) is 0.215. The molecule has 4 rings (SSSR count). The van der Waals surface area contributed by atoms with E-state index in [1.54, 1.807) is 24.3 Å². The molecule has 3 aliphatic rings. The van der Waals surface area contributed by atoms with Crippen LogP contribution in [0.25, 0.3) is 0 Å². The lowest BCUT2D eigenvalue weighted by Gasteiger charge is -2.51. The van der Waals surface area contributed by atoms with Crippen LogP contribution in [0.5, 0.6) is 0 Å². The summed E-state index contributed by atoms with van der Waals surface area (Å²) in [4.78, 5) is 73.9. The Labute approximate surface area is 293 Å². The molecule has 3 fully saturated rings. The van der Waals surface area contributed by atoms with Crippen molar-refractivity contribution in [2.24, 2.45) is 0 Å². The van der Waals surface area contributed by atoms with Crippen molar-refractivity contribution in [2.75, 3.05) is 20.3 Å². The van der Waals surface area contributed by atoms with Crippen LogP contribution < -0.4 is 0 Å². The van der Waals surface area contributed by atoms with E-state index < -0.39 is 116 Å². The number of methoxy groups -OCH3 is 1. The van der Waals surface area contributed by atoms with Crippen molar-refractivity contribution in [1.82, 2.24) is 0 Å². The van der Waals surface area contributed by atoms with Gasteiger partial charge in [0, 0.05) is 54.2 Å². The molecule has 18 heteroatoms. The molecule has 0 saturated carbocycles. The molecule has 282 valence electrons. The summed E-state index contributed by atoms with van der Waals surface area (Å²) in [5.41, 5.74) is 0.646. The van der Waals surface area contributed by atoms with Gasteiger partial charge in [-0.05, 0) is 0 Å². The van der Waals surface area contributed by atoms with Gasteiger partial charge in [-0.1, -0.05) is 30.3 Å². The van der Waals surface area contributed by atoms with Crippen LogP contribution >= 0.6 is 0 Å². The molecule has 0 bridgehead atoms. The van der Waals surface area contributed by atoms with Gasteiger partial charge in [-0.2, -0.15) is 0 Å². The summed E-state index contributed by atoms with van der Waals surface area (Å²) in [6.45, 7) is 5.89. The predicted octanol–water partition coefficient (Wildman–Crippen LogP) is 0.804. The molecular formula is C33H42O18. The molecule has 3 aliphatic heterocycles. The molecule has 0 aliphatic carbocycles. The summed E-state index contributed by atoms with van der Waals surface area (Å²) in [5.74, 6) is -4.98. The van der Waals surface area contributed by atoms with Crippen LogP contribution in [0, 0.1) is 0 Å². The maximum atomic E-state index is 12.5. The SMILES string of the molecule is CO[C@H]1O[C@@H]2CO[C@@H](c3ccccc3)O[C@H]2[C@H](O[C@H]2O[C@H]([C@@H](COC(C)=O)OC(C)=O)[C@@H](OC(C)=O)[C@H](OC(C)=O)[C@@H]2OC(C)=O)[C@@H]1OC(C)=O. The van der Waals surface area contributed by atoms with Crippen molar-refractivity contribution in [3.63, 3.8) is 0 Å². The highest BCUT2D eigenvalue weighted by Gasteiger charge is 2.59.